The minimum Gasteiger partial charge on any atom is -0.365 e. The number of hydrogen-bond acceptors (Lipinski definition) is 6. The van der Waals surface area contributed by atoms with Crippen LogP contribution in [0.4, 0.5) is 5.82 Å². The number of fused-ring (bicyclic) bond motifs is 1. The molecule has 0 radical (unpaired) electrons. The van der Waals surface area contributed by atoms with Crippen LogP contribution in [0.15, 0.2) is 36.8 Å². The van der Waals surface area contributed by atoms with E-state index in [2.05, 4.69) is 52.1 Å². The van der Waals surface area contributed by atoms with Crippen LogP contribution in [0.25, 0.3) is 22.4 Å². The van der Waals surface area contributed by atoms with E-state index in [0.717, 1.165) is 47.7 Å². The zero-order valence-electron chi connectivity index (χ0n) is 17.6. The van der Waals surface area contributed by atoms with Gasteiger partial charge in [0.1, 0.15) is 25.3 Å². The maximum atomic E-state index is 6.10. The molecule has 0 aromatic carbocycles. The van der Waals surface area contributed by atoms with Crippen molar-refractivity contribution in [3.8, 4) is 11.3 Å². The average molecular weight is 411 g/mol. The van der Waals surface area contributed by atoms with E-state index in [1.807, 2.05) is 31.5 Å². The van der Waals surface area contributed by atoms with Gasteiger partial charge in [-0.3, -0.25) is 0 Å². The van der Waals surface area contributed by atoms with Crippen molar-refractivity contribution < 1.29 is 4.74 Å². The van der Waals surface area contributed by atoms with Gasteiger partial charge in [-0.2, -0.15) is 0 Å². The Hall–Kier alpha value is -2.29. The first-order valence-corrected chi connectivity index (χ1v) is 13.9. The van der Waals surface area contributed by atoms with Crippen LogP contribution in [-0.2, 0) is 4.74 Å². The summed E-state index contributed by atoms with van der Waals surface area (Å²) >= 11 is 0. The number of ether oxygens (including phenoxy) is 1. The first kappa shape index (κ1) is 20.0. The monoisotopic (exact) mass is 410 g/mol. The Kier molecular flexibility index (Phi) is 5.66. The molecule has 0 spiro atoms. The Bertz CT molecular complexity index is 977. The molecule has 1 unspecified atom stereocenters. The average Bonchev–Trinajstić information content (AvgIpc) is 3.35. The molecule has 0 aliphatic carbocycles. The van der Waals surface area contributed by atoms with Crippen LogP contribution in [-0.4, -0.2) is 53.3 Å². The van der Waals surface area contributed by atoms with E-state index >= 15 is 0 Å². The quantitative estimate of drug-likeness (QED) is 0.579. The summed E-state index contributed by atoms with van der Waals surface area (Å²) in [5.41, 5.74) is 3.56. The summed E-state index contributed by atoms with van der Waals surface area (Å²) < 4.78 is 8.25. The molecule has 0 bridgehead atoms. The highest BCUT2D eigenvalue weighted by Gasteiger charge is 2.30. The Balaban J connectivity index is 1.69. The van der Waals surface area contributed by atoms with Gasteiger partial charge in [0, 0.05) is 37.2 Å². The Morgan fingerprint density at radius 2 is 2.17 bits per heavy atom. The molecule has 1 fully saturated rings. The van der Waals surface area contributed by atoms with Crippen LogP contribution in [0, 0.1) is 0 Å². The second-order valence-electron chi connectivity index (χ2n) is 8.59. The van der Waals surface area contributed by atoms with Crippen LogP contribution >= 0.6 is 0 Å². The van der Waals surface area contributed by atoms with E-state index in [4.69, 9.17) is 14.7 Å². The van der Waals surface area contributed by atoms with Crippen LogP contribution in [0.2, 0.25) is 19.6 Å². The third-order valence-electron chi connectivity index (χ3n) is 5.22. The molecule has 1 aliphatic rings. The third-order valence-corrected chi connectivity index (χ3v) is 7.15. The molecule has 3 aromatic rings. The topological polar surface area (TPSA) is 76.9 Å². The van der Waals surface area contributed by atoms with Gasteiger partial charge in [-0.05, 0) is 38.1 Å². The minimum atomic E-state index is -1.59. The van der Waals surface area contributed by atoms with Crippen LogP contribution in [0.3, 0.4) is 0 Å². The van der Waals surface area contributed by atoms with Crippen LogP contribution in [0.5, 0.6) is 0 Å². The fourth-order valence-electron chi connectivity index (χ4n) is 3.85. The lowest BCUT2D eigenvalue weighted by Gasteiger charge is -2.30. The van der Waals surface area contributed by atoms with E-state index in [0.29, 0.717) is 12.6 Å². The molecule has 29 heavy (non-hydrogen) atoms. The summed E-state index contributed by atoms with van der Waals surface area (Å²) in [6.45, 7) is 11.7. The number of pyridine rings is 1. The number of rotatable bonds is 7. The predicted molar refractivity (Wildman–Crippen MR) is 120 cm³/mol. The second kappa shape index (κ2) is 8.21. The third kappa shape index (κ3) is 4.19. The Labute approximate surface area is 172 Å². The Morgan fingerprint density at radius 3 is 2.90 bits per heavy atom. The van der Waals surface area contributed by atoms with Gasteiger partial charge in [-0.1, -0.05) is 19.6 Å². The van der Waals surface area contributed by atoms with Gasteiger partial charge >= 0.3 is 0 Å². The fraction of sp³-hybridized carbons (Fsp3) is 0.476. The number of anilines is 1. The number of hydrogen-bond donors (Lipinski definition) is 2. The normalized spacial score (nSPS) is 18.3. The maximum absolute atomic E-state index is 6.10. The summed E-state index contributed by atoms with van der Waals surface area (Å²) in [7, 11) is -1.59. The number of nitrogens with one attached hydrogen (secondary N) is 2. The van der Waals surface area contributed by atoms with Crippen molar-refractivity contribution in [1.82, 2.24) is 24.8 Å². The molecule has 4 heterocycles. The summed E-state index contributed by atoms with van der Waals surface area (Å²) in [4.78, 5) is 14.3. The van der Waals surface area contributed by atoms with Gasteiger partial charge in [0.25, 0.3) is 0 Å². The second-order valence-corrected chi connectivity index (χ2v) is 13.8. The van der Waals surface area contributed by atoms with E-state index in [1.54, 1.807) is 0 Å². The van der Waals surface area contributed by atoms with E-state index in [-0.39, 0.29) is 5.85 Å². The summed E-state index contributed by atoms with van der Waals surface area (Å²) in [6.07, 6.45) is 6.82. The molecule has 1 saturated heterocycles. The van der Waals surface area contributed by atoms with Crippen molar-refractivity contribution in [2.24, 2.45) is 0 Å². The summed E-state index contributed by atoms with van der Waals surface area (Å²) in [6, 6.07) is 6.42. The molecule has 0 saturated carbocycles. The van der Waals surface area contributed by atoms with Gasteiger partial charge in [0.2, 0.25) is 0 Å². The van der Waals surface area contributed by atoms with Gasteiger partial charge in [0.15, 0.2) is 5.65 Å². The highest BCUT2D eigenvalue weighted by molar-refractivity contribution is 6.76. The van der Waals surface area contributed by atoms with E-state index in [9.17, 15) is 0 Å². The first-order chi connectivity index (χ1) is 14.0. The van der Waals surface area contributed by atoms with Gasteiger partial charge < -0.3 is 19.9 Å². The molecular weight excluding hydrogens is 380 g/mol. The molecule has 7 nitrogen and oxygen atoms in total. The van der Waals surface area contributed by atoms with Crippen molar-refractivity contribution in [3.05, 3.63) is 36.8 Å². The SMILES string of the molecule is CCOC(n1ccc2nc(-c3cccnc3N[C@H]3CCNC3)cnc21)[Si](C)(C)C. The number of aromatic nitrogens is 4. The number of nitrogens with zero attached hydrogens (tertiary/aromatic N) is 4. The Morgan fingerprint density at radius 1 is 1.31 bits per heavy atom. The predicted octanol–water partition coefficient (Wildman–Crippen LogP) is 3.68. The van der Waals surface area contributed by atoms with E-state index in [1.165, 1.54) is 0 Å². The van der Waals surface area contributed by atoms with E-state index < -0.39 is 8.07 Å². The van der Waals surface area contributed by atoms with Crippen molar-refractivity contribution in [3.63, 3.8) is 0 Å². The van der Waals surface area contributed by atoms with Crippen molar-refractivity contribution >= 4 is 25.1 Å². The zero-order valence-corrected chi connectivity index (χ0v) is 18.6. The molecule has 4 rings (SSSR count). The molecule has 3 aromatic heterocycles. The molecule has 8 heteroatoms. The highest BCUT2D eigenvalue weighted by Crippen LogP contribution is 2.29. The van der Waals surface area contributed by atoms with Crippen molar-refractivity contribution in [1.29, 1.82) is 0 Å². The van der Waals surface area contributed by atoms with Crippen molar-refractivity contribution in [2.45, 2.75) is 44.9 Å². The largest absolute Gasteiger partial charge is 0.365 e. The first-order valence-electron chi connectivity index (χ1n) is 10.3. The van der Waals surface area contributed by atoms with Gasteiger partial charge in [-0.25, -0.2) is 15.0 Å². The lowest BCUT2D eigenvalue weighted by molar-refractivity contribution is 0.0665. The van der Waals surface area contributed by atoms with Crippen molar-refractivity contribution in [2.75, 3.05) is 25.0 Å². The lowest BCUT2D eigenvalue weighted by atomic mass is 10.1. The molecular formula is C21H30N6OSi. The lowest BCUT2D eigenvalue weighted by Crippen LogP contribution is -2.37. The molecule has 2 N–H and O–H groups in total. The summed E-state index contributed by atoms with van der Waals surface area (Å²) in [5.74, 6) is 0.902. The summed E-state index contributed by atoms with van der Waals surface area (Å²) in [5, 5.41) is 6.94. The van der Waals surface area contributed by atoms with Crippen LogP contribution < -0.4 is 10.6 Å². The molecule has 0 amide bonds. The molecule has 154 valence electrons. The smallest absolute Gasteiger partial charge is 0.160 e. The highest BCUT2D eigenvalue weighted by atomic mass is 28.3. The van der Waals surface area contributed by atoms with Crippen LogP contribution in [0.1, 0.15) is 19.2 Å². The van der Waals surface area contributed by atoms with Gasteiger partial charge in [-0.15, -0.1) is 0 Å². The minimum absolute atomic E-state index is 0.0376. The van der Waals surface area contributed by atoms with Gasteiger partial charge in [0.05, 0.1) is 11.9 Å². The fourth-order valence-corrected chi connectivity index (χ4v) is 5.56. The standard InChI is InChI=1S/C21H30N6OSi/c1-5-28-21(29(2,3)4)27-12-9-17-20(27)24-14-18(26-17)16-7-6-10-23-19(16)25-15-8-11-22-13-15/h6-7,9-10,12,14-15,21-22H,5,8,11,13H2,1-4H3,(H,23,25)/t15-,21?/m0/s1. The molecule has 1 aliphatic heterocycles. The zero-order chi connectivity index (χ0) is 20.4. The molecule has 2 atom stereocenters. The maximum Gasteiger partial charge on any atom is 0.160 e.